The van der Waals surface area contributed by atoms with Crippen LogP contribution in [0.3, 0.4) is 0 Å². The standard InChI is InChI=1S/C21H18ClFN2O3S/c1-25(12-20(26)24-16-11-13(22)7-8-17(16)28-2)21(27)19-10-9-18(29-19)14-5-3-4-6-15(14)23/h3-11H,12H2,1-2H3,(H,24,26). The lowest BCUT2D eigenvalue weighted by molar-refractivity contribution is -0.116. The number of amides is 2. The summed E-state index contributed by atoms with van der Waals surface area (Å²) in [6, 6.07) is 14.6. The van der Waals surface area contributed by atoms with Crippen molar-refractivity contribution in [2.45, 2.75) is 0 Å². The molecule has 0 saturated heterocycles. The lowest BCUT2D eigenvalue weighted by Gasteiger charge is -2.17. The first-order valence-electron chi connectivity index (χ1n) is 8.62. The number of halogens is 2. The van der Waals surface area contributed by atoms with Gasteiger partial charge in [0.2, 0.25) is 5.91 Å². The fourth-order valence-corrected chi connectivity index (χ4v) is 3.90. The maximum atomic E-state index is 14.0. The van der Waals surface area contributed by atoms with Gasteiger partial charge in [0, 0.05) is 22.5 Å². The maximum absolute atomic E-state index is 14.0. The Morgan fingerprint density at radius 3 is 2.66 bits per heavy atom. The summed E-state index contributed by atoms with van der Waals surface area (Å²) in [5.74, 6) is -0.612. The minimum absolute atomic E-state index is 0.165. The van der Waals surface area contributed by atoms with Gasteiger partial charge in [-0.25, -0.2) is 4.39 Å². The first-order valence-corrected chi connectivity index (χ1v) is 9.82. The van der Waals surface area contributed by atoms with Crippen molar-refractivity contribution in [1.29, 1.82) is 0 Å². The monoisotopic (exact) mass is 432 g/mol. The molecular formula is C21H18ClFN2O3S. The van der Waals surface area contributed by atoms with E-state index >= 15 is 0 Å². The number of methoxy groups -OCH3 is 1. The molecule has 0 radical (unpaired) electrons. The molecule has 0 bridgehead atoms. The van der Waals surface area contributed by atoms with Crippen LogP contribution in [0.25, 0.3) is 10.4 Å². The molecule has 3 rings (SSSR count). The van der Waals surface area contributed by atoms with Crippen molar-refractivity contribution in [3.05, 3.63) is 70.3 Å². The van der Waals surface area contributed by atoms with E-state index in [9.17, 15) is 14.0 Å². The Morgan fingerprint density at radius 2 is 1.93 bits per heavy atom. The number of carbonyl (C=O) groups excluding carboxylic acids is 2. The van der Waals surface area contributed by atoms with E-state index in [1.807, 2.05) is 0 Å². The molecule has 1 aromatic heterocycles. The summed E-state index contributed by atoms with van der Waals surface area (Å²) in [6.07, 6.45) is 0. The Hall–Kier alpha value is -2.90. The van der Waals surface area contributed by atoms with Gasteiger partial charge >= 0.3 is 0 Å². The van der Waals surface area contributed by atoms with Gasteiger partial charge in [-0.3, -0.25) is 9.59 Å². The Labute approximate surface area is 176 Å². The second-order valence-corrected chi connectivity index (χ2v) is 7.72. The molecule has 0 aliphatic carbocycles. The number of carbonyl (C=O) groups is 2. The van der Waals surface area contributed by atoms with Gasteiger partial charge in [0.05, 0.1) is 24.2 Å². The number of hydrogen-bond donors (Lipinski definition) is 1. The highest BCUT2D eigenvalue weighted by Gasteiger charge is 2.19. The van der Waals surface area contributed by atoms with Crippen LogP contribution in [-0.2, 0) is 4.79 Å². The molecule has 0 spiro atoms. The Balaban J connectivity index is 1.67. The van der Waals surface area contributed by atoms with Crippen molar-refractivity contribution >= 4 is 40.4 Å². The third-order valence-corrected chi connectivity index (χ3v) is 5.46. The lowest BCUT2D eigenvalue weighted by atomic mass is 10.2. The predicted octanol–water partition coefficient (Wildman–Crippen LogP) is 4.93. The minimum atomic E-state index is -0.396. The fraction of sp³-hybridized carbons (Fsp3) is 0.143. The van der Waals surface area contributed by atoms with Crippen molar-refractivity contribution in [1.82, 2.24) is 4.90 Å². The molecule has 1 N–H and O–H groups in total. The van der Waals surface area contributed by atoms with Crippen LogP contribution >= 0.6 is 22.9 Å². The van der Waals surface area contributed by atoms with E-state index in [1.165, 1.54) is 36.5 Å². The summed E-state index contributed by atoms with van der Waals surface area (Å²) in [7, 11) is 3.01. The summed E-state index contributed by atoms with van der Waals surface area (Å²) in [5.41, 5.74) is 0.855. The van der Waals surface area contributed by atoms with Gasteiger partial charge in [-0.05, 0) is 36.4 Å². The third kappa shape index (κ3) is 4.93. The van der Waals surface area contributed by atoms with Crippen LogP contribution in [0, 0.1) is 5.82 Å². The summed E-state index contributed by atoms with van der Waals surface area (Å²) >= 11 is 7.14. The van der Waals surface area contributed by atoms with Crippen LogP contribution in [0.4, 0.5) is 10.1 Å². The number of ether oxygens (including phenoxy) is 1. The zero-order valence-corrected chi connectivity index (χ0v) is 17.3. The van der Waals surface area contributed by atoms with Crippen LogP contribution in [0.1, 0.15) is 9.67 Å². The van der Waals surface area contributed by atoms with E-state index in [0.29, 0.717) is 31.8 Å². The van der Waals surface area contributed by atoms with E-state index in [1.54, 1.807) is 48.5 Å². The Kier molecular flexibility index (Phi) is 6.51. The molecule has 5 nitrogen and oxygen atoms in total. The summed E-state index contributed by atoms with van der Waals surface area (Å²) in [5, 5.41) is 3.14. The molecule has 8 heteroatoms. The zero-order valence-electron chi connectivity index (χ0n) is 15.7. The summed E-state index contributed by atoms with van der Waals surface area (Å²) in [4.78, 5) is 27.4. The molecule has 3 aromatic rings. The number of thiophene rings is 1. The van der Waals surface area contributed by atoms with Crippen molar-refractivity contribution in [2.24, 2.45) is 0 Å². The van der Waals surface area contributed by atoms with Crippen molar-refractivity contribution in [3.63, 3.8) is 0 Å². The summed E-state index contributed by atoms with van der Waals surface area (Å²) < 4.78 is 19.1. The second-order valence-electron chi connectivity index (χ2n) is 6.20. The first kappa shape index (κ1) is 20.8. The highest BCUT2D eigenvalue weighted by atomic mass is 35.5. The van der Waals surface area contributed by atoms with Crippen molar-refractivity contribution < 1.29 is 18.7 Å². The molecule has 0 aliphatic rings. The highest BCUT2D eigenvalue weighted by Crippen LogP contribution is 2.31. The van der Waals surface area contributed by atoms with E-state index < -0.39 is 5.91 Å². The Morgan fingerprint density at radius 1 is 1.17 bits per heavy atom. The zero-order chi connectivity index (χ0) is 21.0. The molecule has 0 saturated carbocycles. The van der Waals surface area contributed by atoms with Crippen molar-refractivity contribution in [3.8, 4) is 16.2 Å². The smallest absolute Gasteiger partial charge is 0.264 e. The van der Waals surface area contributed by atoms with Crippen LogP contribution in [-0.4, -0.2) is 37.4 Å². The normalized spacial score (nSPS) is 10.5. The van der Waals surface area contributed by atoms with E-state index in [2.05, 4.69) is 5.32 Å². The number of rotatable bonds is 6. The van der Waals surface area contributed by atoms with Gasteiger partial charge in [-0.2, -0.15) is 0 Å². The van der Waals surface area contributed by atoms with Crippen LogP contribution in [0.5, 0.6) is 5.75 Å². The van der Waals surface area contributed by atoms with E-state index in [4.69, 9.17) is 16.3 Å². The molecule has 29 heavy (non-hydrogen) atoms. The average Bonchev–Trinajstić information content (AvgIpc) is 3.17. The number of likely N-dealkylation sites (N-methyl/N-ethyl adjacent to an activating group) is 1. The number of nitrogens with one attached hydrogen (secondary N) is 1. The molecule has 0 atom stereocenters. The quantitative estimate of drug-likeness (QED) is 0.601. The van der Waals surface area contributed by atoms with Crippen molar-refractivity contribution in [2.75, 3.05) is 26.0 Å². The molecule has 1 heterocycles. The SMILES string of the molecule is COc1ccc(Cl)cc1NC(=O)CN(C)C(=O)c1ccc(-c2ccccc2F)s1. The molecule has 2 amide bonds. The average molecular weight is 433 g/mol. The Bertz CT molecular complexity index is 1050. The predicted molar refractivity (Wildman–Crippen MR) is 113 cm³/mol. The molecule has 0 aliphatic heterocycles. The number of anilines is 1. The van der Waals surface area contributed by atoms with Crippen LogP contribution in [0.15, 0.2) is 54.6 Å². The van der Waals surface area contributed by atoms with Crippen LogP contribution in [0.2, 0.25) is 5.02 Å². The van der Waals surface area contributed by atoms with Gasteiger partial charge in [0.15, 0.2) is 0 Å². The third-order valence-electron chi connectivity index (χ3n) is 4.12. The molecule has 0 unspecified atom stereocenters. The lowest BCUT2D eigenvalue weighted by Crippen LogP contribution is -2.34. The largest absolute Gasteiger partial charge is 0.495 e. The second kappa shape index (κ2) is 9.07. The molecular weight excluding hydrogens is 415 g/mol. The fourth-order valence-electron chi connectivity index (χ4n) is 2.70. The van der Waals surface area contributed by atoms with E-state index in [0.717, 1.165) is 0 Å². The number of hydrogen-bond acceptors (Lipinski definition) is 4. The number of benzene rings is 2. The topological polar surface area (TPSA) is 58.6 Å². The summed E-state index contributed by atoms with van der Waals surface area (Å²) in [6.45, 7) is -0.165. The molecule has 150 valence electrons. The first-order chi connectivity index (χ1) is 13.9. The maximum Gasteiger partial charge on any atom is 0.264 e. The van der Waals surface area contributed by atoms with Crippen LogP contribution < -0.4 is 10.1 Å². The van der Waals surface area contributed by atoms with Gasteiger partial charge < -0.3 is 15.0 Å². The molecule has 0 fully saturated rings. The molecule has 2 aromatic carbocycles. The number of nitrogens with zero attached hydrogens (tertiary/aromatic N) is 1. The van der Waals surface area contributed by atoms with Gasteiger partial charge in [0.1, 0.15) is 11.6 Å². The highest BCUT2D eigenvalue weighted by molar-refractivity contribution is 7.17. The van der Waals surface area contributed by atoms with Gasteiger partial charge in [-0.1, -0.05) is 29.8 Å². The minimum Gasteiger partial charge on any atom is -0.495 e. The van der Waals surface area contributed by atoms with Gasteiger partial charge in [-0.15, -0.1) is 11.3 Å². The van der Waals surface area contributed by atoms with Gasteiger partial charge in [0.25, 0.3) is 5.91 Å². The van der Waals surface area contributed by atoms with E-state index in [-0.39, 0.29) is 18.3 Å².